The van der Waals surface area contributed by atoms with E-state index in [-0.39, 0.29) is 17.0 Å². The van der Waals surface area contributed by atoms with Gasteiger partial charge in [-0.05, 0) is 37.5 Å². The first-order valence-electron chi connectivity index (χ1n) is 10.4. The molecule has 160 valence electrons. The Morgan fingerprint density at radius 2 is 1.97 bits per heavy atom. The fourth-order valence-electron chi connectivity index (χ4n) is 4.30. The van der Waals surface area contributed by atoms with E-state index in [0.717, 1.165) is 24.2 Å². The summed E-state index contributed by atoms with van der Waals surface area (Å²) in [7, 11) is -3.56. The SMILES string of the molecule is Cc1ccc(S(=O)(=O)N2CCN3C[C@H](Oc4cnc(C5CC5)cn4)C[C@H]3C2)cc1Cl. The van der Waals surface area contributed by atoms with Crippen LogP contribution in [0.5, 0.6) is 5.88 Å². The summed E-state index contributed by atoms with van der Waals surface area (Å²) in [6, 6.07) is 5.06. The highest BCUT2D eigenvalue weighted by Crippen LogP contribution is 2.38. The molecule has 0 bridgehead atoms. The van der Waals surface area contributed by atoms with E-state index in [2.05, 4.69) is 14.9 Å². The van der Waals surface area contributed by atoms with Crippen LogP contribution < -0.4 is 4.74 Å². The second-order valence-electron chi connectivity index (χ2n) is 8.45. The number of nitrogens with zero attached hydrogens (tertiary/aromatic N) is 4. The number of rotatable bonds is 5. The maximum atomic E-state index is 13.1. The smallest absolute Gasteiger partial charge is 0.243 e. The van der Waals surface area contributed by atoms with Crippen LogP contribution in [0.3, 0.4) is 0 Å². The third kappa shape index (κ3) is 3.93. The molecule has 2 aliphatic heterocycles. The zero-order chi connectivity index (χ0) is 20.9. The third-order valence-electron chi connectivity index (χ3n) is 6.25. The highest BCUT2D eigenvalue weighted by atomic mass is 35.5. The van der Waals surface area contributed by atoms with Crippen LogP contribution in [0.15, 0.2) is 35.5 Å². The molecule has 2 aromatic rings. The van der Waals surface area contributed by atoms with Crippen molar-refractivity contribution in [3.63, 3.8) is 0 Å². The first kappa shape index (κ1) is 20.2. The van der Waals surface area contributed by atoms with Gasteiger partial charge < -0.3 is 4.74 Å². The summed E-state index contributed by atoms with van der Waals surface area (Å²) < 4.78 is 33.8. The molecule has 3 fully saturated rings. The van der Waals surface area contributed by atoms with E-state index in [4.69, 9.17) is 16.3 Å². The van der Waals surface area contributed by atoms with Gasteiger partial charge >= 0.3 is 0 Å². The van der Waals surface area contributed by atoms with Crippen LogP contribution in [0.4, 0.5) is 0 Å². The first-order chi connectivity index (χ1) is 14.4. The van der Waals surface area contributed by atoms with E-state index in [9.17, 15) is 8.42 Å². The fourth-order valence-corrected chi connectivity index (χ4v) is 6.04. The summed E-state index contributed by atoms with van der Waals surface area (Å²) in [6.07, 6.45) is 6.68. The van der Waals surface area contributed by atoms with E-state index < -0.39 is 10.0 Å². The molecule has 3 heterocycles. The normalized spacial score (nSPS) is 25.3. The van der Waals surface area contributed by atoms with E-state index in [1.54, 1.807) is 28.7 Å². The molecule has 30 heavy (non-hydrogen) atoms. The standard InChI is InChI=1S/C21H25ClN4O3S/c1-14-2-5-18(9-19(14)22)30(27,28)26-7-6-25-13-17(8-16(25)12-26)29-21-11-23-20(10-24-21)15-3-4-15/h2,5,9-11,15-17H,3-4,6-8,12-13H2,1H3/t16-,17+/m0/s1. The minimum Gasteiger partial charge on any atom is -0.472 e. The third-order valence-corrected chi connectivity index (χ3v) is 8.52. The Morgan fingerprint density at radius 1 is 1.13 bits per heavy atom. The average Bonchev–Trinajstić information content (AvgIpc) is 3.50. The summed E-state index contributed by atoms with van der Waals surface area (Å²) in [4.78, 5) is 11.4. The fraction of sp³-hybridized carbons (Fsp3) is 0.524. The van der Waals surface area contributed by atoms with Crippen LogP contribution in [0.1, 0.15) is 36.4 Å². The predicted molar refractivity (Wildman–Crippen MR) is 113 cm³/mol. The second-order valence-corrected chi connectivity index (χ2v) is 10.8. The van der Waals surface area contributed by atoms with E-state index in [1.165, 1.54) is 12.8 Å². The van der Waals surface area contributed by atoms with Gasteiger partial charge in [0.1, 0.15) is 6.10 Å². The van der Waals surface area contributed by atoms with E-state index in [1.807, 2.05) is 13.1 Å². The van der Waals surface area contributed by atoms with Crippen molar-refractivity contribution >= 4 is 21.6 Å². The van der Waals surface area contributed by atoms with Gasteiger partial charge in [0, 0.05) is 49.6 Å². The summed E-state index contributed by atoms with van der Waals surface area (Å²) in [6.45, 7) is 4.25. The molecule has 0 amide bonds. The molecule has 3 aliphatic rings. The van der Waals surface area contributed by atoms with Gasteiger partial charge in [-0.3, -0.25) is 9.88 Å². The molecule has 1 saturated carbocycles. The van der Waals surface area contributed by atoms with Crippen molar-refractivity contribution < 1.29 is 13.2 Å². The van der Waals surface area contributed by atoms with Crippen LogP contribution >= 0.6 is 11.6 Å². The van der Waals surface area contributed by atoms with Gasteiger partial charge in [-0.15, -0.1) is 0 Å². The van der Waals surface area contributed by atoms with Crippen molar-refractivity contribution in [1.82, 2.24) is 19.2 Å². The number of sulfonamides is 1. The Hall–Kier alpha value is -1.74. The summed E-state index contributed by atoms with van der Waals surface area (Å²) in [5.41, 5.74) is 1.91. The Labute approximate surface area is 182 Å². The van der Waals surface area contributed by atoms with Crippen molar-refractivity contribution in [3.05, 3.63) is 46.9 Å². The second kappa shape index (κ2) is 7.75. The number of piperazine rings is 1. The molecule has 1 aliphatic carbocycles. The molecule has 2 atom stereocenters. The lowest BCUT2D eigenvalue weighted by Gasteiger charge is -2.36. The highest BCUT2D eigenvalue weighted by Gasteiger charge is 2.41. The van der Waals surface area contributed by atoms with Crippen LogP contribution in [0.25, 0.3) is 0 Å². The molecule has 5 rings (SSSR count). The van der Waals surface area contributed by atoms with Crippen molar-refractivity contribution in [3.8, 4) is 5.88 Å². The summed E-state index contributed by atoms with van der Waals surface area (Å²) in [5.74, 6) is 1.12. The van der Waals surface area contributed by atoms with Crippen LogP contribution in [-0.2, 0) is 10.0 Å². The molecule has 9 heteroatoms. The lowest BCUT2D eigenvalue weighted by Crippen LogP contribution is -2.51. The van der Waals surface area contributed by atoms with Gasteiger partial charge in [0.25, 0.3) is 0 Å². The predicted octanol–water partition coefficient (Wildman–Crippen LogP) is 2.84. The van der Waals surface area contributed by atoms with E-state index in [0.29, 0.717) is 36.5 Å². The maximum Gasteiger partial charge on any atom is 0.243 e. The minimum atomic E-state index is -3.56. The maximum absolute atomic E-state index is 13.1. The first-order valence-corrected chi connectivity index (χ1v) is 12.2. The molecule has 2 saturated heterocycles. The minimum absolute atomic E-state index is 0.00690. The number of hydrogen-bond acceptors (Lipinski definition) is 6. The molecule has 0 spiro atoms. The Morgan fingerprint density at radius 3 is 2.67 bits per heavy atom. The van der Waals surface area contributed by atoms with Crippen molar-refractivity contribution in [1.29, 1.82) is 0 Å². The molecular weight excluding hydrogens is 424 g/mol. The molecule has 1 aromatic carbocycles. The molecule has 0 radical (unpaired) electrons. The Kier molecular flexibility index (Phi) is 5.21. The zero-order valence-electron chi connectivity index (χ0n) is 16.9. The van der Waals surface area contributed by atoms with Crippen LogP contribution in [0.2, 0.25) is 5.02 Å². The zero-order valence-corrected chi connectivity index (χ0v) is 18.4. The Bertz CT molecular complexity index is 1040. The number of aromatic nitrogens is 2. The number of ether oxygens (including phenoxy) is 1. The largest absolute Gasteiger partial charge is 0.472 e. The van der Waals surface area contributed by atoms with Crippen molar-refractivity contribution in [2.45, 2.75) is 49.1 Å². The average molecular weight is 449 g/mol. The number of fused-ring (bicyclic) bond motifs is 1. The quantitative estimate of drug-likeness (QED) is 0.700. The molecule has 1 aromatic heterocycles. The lowest BCUT2D eigenvalue weighted by atomic mass is 10.2. The molecule has 7 nitrogen and oxygen atoms in total. The van der Waals surface area contributed by atoms with Crippen LogP contribution in [-0.4, -0.2) is 65.9 Å². The molecule has 0 N–H and O–H groups in total. The molecular formula is C21H25ClN4O3S. The van der Waals surface area contributed by atoms with Gasteiger partial charge in [-0.2, -0.15) is 4.31 Å². The number of aryl methyl sites for hydroxylation is 1. The monoisotopic (exact) mass is 448 g/mol. The van der Waals surface area contributed by atoms with Gasteiger partial charge in [0.2, 0.25) is 15.9 Å². The highest BCUT2D eigenvalue weighted by molar-refractivity contribution is 7.89. The number of halogens is 1. The number of hydrogen-bond donors (Lipinski definition) is 0. The van der Waals surface area contributed by atoms with Gasteiger partial charge in [-0.25, -0.2) is 13.4 Å². The van der Waals surface area contributed by atoms with Gasteiger partial charge in [0.15, 0.2) is 0 Å². The van der Waals surface area contributed by atoms with Crippen LogP contribution in [0, 0.1) is 6.92 Å². The van der Waals surface area contributed by atoms with Gasteiger partial charge in [-0.1, -0.05) is 17.7 Å². The summed E-state index contributed by atoms with van der Waals surface area (Å²) in [5, 5.41) is 0.470. The van der Waals surface area contributed by atoms with Crippen molar-refractivity contribution in [2.24, 2.45) is 0 Å². The van der Waals surface area contributed by atoms with Gasteiger partial charge in [0.05, 0.1) is 23.0 Å². The topological polar surface area (TPSA) is 75.6 Å². The lowest BCUT2D eigenvalue weighted by molar-refractivity contribution is 0.151. The Balaban J connectivity index is 1.23. The number of benzene rings is 1. The molecule has 0 unspecified atom stereocenters. The van der Waals surface area contributed by atoms with Crippen molar-refractivity contribution in [2.75, 3.05) is 26.2 Å². The van der Waals surface area contributed by atoms with E-state index >= 15 is 0 Å². The summed E-state index contributed by atoms with van der Waals surface area (Å²) >= 11 is 6.16.